The highest BCUT2D eigenvalue weighted by atomic mass is 16.5. The summed E-state index contributed by atoms with van der Waals surface area (Å²) < 4.78 is 5.41. The van der Waals surface area contributed by atoms with E-state index in [1.807, 2.05) is 0 Å². The Labute approximate surface area is 123 Å². The molecule has 0 fully saturated rings. The fourth-order valence-electron chi connectivity index (χ4n) is 2.14. The largest absolute Gasteiger partial charge is 0.339 e. The van der Waals surface area contributed by atoms with Crippen LogP contribution in [0.4, 0.5) is 5.95 Å². The number of nitrogens with zero attached hydrogens (tertiary/aromatic N) is 3. The first-order valence-electron chi connectivity index (χ1n) is 7.73. The van der Waals surface area contributed by atoms with E-state index in [-0.39, 0.29) is 5.41 Å². The van der Waals surface area contributed by atoms with Crippen LogP contribution in [0.1, 0.15) is 53.9 Å². The molecule has 1 atom stereocenters. The van der Waals surface area contributed by atoms with E-state index in [2.05, 4.69) is 61.9 Å². The van der Waals surface area contributed by atoms with Crippen molar-refractivity contribution in [2.24, 2.45) is 5.41 Å². The van der Waals surface area contributed by atoms with Crippen LogP contribution in [-0.4, -0.2) is 35.8 Å². The van der Waals surface area contributed by atoms with Gasteiger partial charge in [0, 0.05) is 25.6 Å². The highest BCUT2D eigenvalue weighted by Crippen LogP contribution is 2.23. The number of rotatable bonds is 8. The fourth-order valence-corrected chi connectivity index (χ4v) is 2.14. The summed E-state index contributed by atoms with van der Waals surface area (Å²) in [6.45, 7) is 15.9. The van der Waals surface area contributed by atoms with Gasteiger partial charge in [-0.1, -0.05) is 27.7 Å². The number of anilines is 1. The standard InChI is InChI=1S/C15H30N4O/c1-7-10-16-12(15(4,5)6)11-13-17-14(18-20-13)19(8-2)9-3/h12,16H,7-11H2,1-6H3. The van der Waals surface area contributed by atoms with E-state index in [0.29, 0.717) is 12.0 Å². The third-order valence-electron chi connectivity index (χ3n) is 3.57. The molecule has 1 N–H and O–H groups in total. The molecule has 0 spiro atoms. The number of hydrogen-bond acceptors (Lipinski definition) is 5. The molecule has 1 aromatic heterocycles. The van der Waals surface area contributed by atoms with Gasteiger partial charge in [-0.2, -0.15) is 4.98 Å². The Hall–Kier alpha value is -1.10. The third kappa shape index (κ3) is 4.78. The minimum atomic E-state index is 0.166. The average molecular weight is 282 g/mol. The second-order valence-corrected chi connectivity index (χ2v) is 6.24. The Morgan fingerprint density at radius 2 is 1.85 bits per heavy atom. The van der Waals surface area contributed by atoms with Gasteiger partial charge in [-0.25, -0.2) is 0 Å². The molecule has 20 heavy (non-hydrogen) atoms. The Kier molecular flexibility index (Phi) is 6.46. The van der Waals surface area contributed by atoms with Crippen molar-refractivity contribution in [2.45, 2.75) is 60.4 Å². The molecular weight excluding hydrogens is 252 g/mol. The van der Waals surface area contributed by atoms with Gasteiger partial charge in [-0.05, 0) is 37.4 Å². The molecule has 5 heteroatoms. The van der Waals surface area contributed by atoms with E-state index in [4.69, 9.17) is 4.52 Å². The summed E-state index contributed by atoms with van der Waals surface area (Å²) in [5, 5.41) is 7.67. The summed E-state index contributed by atoms with van der Waals surface area (Å²) in [7, 11) is 0. The first-order valence-corrected chi connectivity index (χ1v) is 7.73. The van der Waals surface area contributed by atoms with Crippen LogP contribution < -0.4 is 10.2 Å². The van der Waals surface area contributed by atoms with E-state index >= 15 is 0 Å². The average Bonchev–Trinajstić information content (AvgIpc) is 2.83. The lowest BCUT2D eigenvalue weighted by molar-refractivity contribution is 0.244. The highest BCUT2D eigenvalue weighted by molar-refractivity contribution is 5.26. The normalized spacial score (nSPS) is 13.5. The summed E-state index contributed by atoms with van der Waals surface area (Å²) >= 11 is 0. The Bertz CT molecular complexity index is 379. The molecule has 0 saturated heterocycles. The minimum Gasteiger partial charge on any atom is -0.339 e. The van der Waals surface area contributed by atoms with E-state index in [1.54, 1.807) is 0 Å². The molecule has 5 nitrogen and oxygen atoms in total. The third-order valence-corrected chi connectivity index (χ3v) is 3.57. The van der Waals surface area contributed by atoms with Crippen molar-refractivity contribution in [2.75, 3.05) is 24.5 Å². The SMILES string of the molecule is CCCNC(Cc1nc(N(CC)CC)no1)C(C)(C)C. The van der Waals surface area contributed by atoms with Crippen LogP contribution in [0.15, 0.2) is 4.52 Å². The minimum absolute atomic E-state index is 0.166. The lowest BCUT2D eigenvalue weighted by Gasteiger charge is -2.30. The molecule has 1 rings (SSSR count). The van der Waals surface area contributed by atoms with Crippen LogP contribution in [0.2, 0.25) is 0 Å². The summed E-state index contributed by atoms with van der Waals surface area (Å²) in [6, 6.07) is 0.340. The fraction of sp³-hybridized carbons (Fsp3) is 0.867. The van der Waals surface area contributed by atoms with Crippen molar-refractivity contribution in [1.82, 2.24) is 15.5 Å². The van der Waals surface area contributed by atoms with Gasteiger partial charge in [0.15, 0.2) is 0 Å². The van der Waals surface area contributed by atoms with Crippen molar-refractivity contribution in [3.63, 3.8) is 0 Å². The van der Waals surface area contributed by atoms with E-state index in [0.717, 1.165) is 38.4 Å². The van der Waals surface area contributed by atoms with Gasteiger partial charge in [0.05, 0.1) is 0 Å². The molecule has 116 valence electrons. The monoisotopic (exact) mass is 282 g/mol. The van der Waals surface area contributed by atoms with Crippen molar-refractivity contribution in [1.29, 1.82) is 0 Å². The smallest absolute Gasteiger partial charge is 0.266 e. The molecule has 1 aromatic rings. The lowest BCUT2D eigenvalue weighted by atomic mass is 9.84. The lowest BCUT2D eigenvalue weighted by Crippen LogP contribution is -2.42. The van der Waals surface area contributed by atoms with Crippen molar-refractivity contribution in [3.05, 3.63) is 5.89 Å². The van der Waals surface area contributed by atoms with E-state index in [9.17, 15) is 0 Å². The van der Waals surface area contributed by atoms with E-state index in [1.165, 1.54) is 0 Å². The second-order valence-electron chi connectivity index (χ2n) is 6.24. The maximum Gasteiger partial charge on any atom is 0.266 e. The molecule has 0 amide bonds. The first-order chi connectivity index (χ1) is 9.42. The van der Waals surface area contributed by atoms with Gasteiger partial charge in [-0.3, -0.25) is 0 Å². The topological polar surface area (TPSA) is 54.2 Å². The maximum absolute atomic E-state index is 5.41. The highest BCUT2D eigenvalue weighted by Gasteiger charge is 2.26. The second kappa shape index (κ2) is 7.62. The predicted octanol–water partition coefficient (Wildman–Crippen LogP) is 2.87. The zero-order valence-corrected chi connectivity index (χ0v) is 13.9. The molecule has 0 bridgehead atoms. The summed E-state index contributed by atoms with van der Waals surface area (Å²) in [6.07, 6.45) is 1.90. The Morgan fingerprint density at radius 1 is 1.20 bits per heavy atom. The molecule has 1 heterocycles. The first kappa shape index (κ1) is 17.0. The van der Waals surface area contributed by atoms with Gasteiger partial charge < -0.3 is 14.7 Å². The van der Waals surface area contributed by atoms with Crippen LogP contribution in [0.25, 0.3) is 0 Å². The molecule has 0 aromatic carbocycles. The molecule has 0 radical (unpaired) electrons. The van der Waals surface area contributed by atoms with Crippen LogP contribution in [0.3, 0.4) is 0 Å². The summed E-state index contributed by atoms with van der Waals surface area (Å²) in [5.41, 5.74) is 0.166. The van der Waals surface area contributed by atoms with Crippen LogP contribution >= 0.6 is 0 Å². The molecular formula is C15H30N4O. The summed E-state index contributed by atoms with van der Waals surface area (Å²) in [4.78, 5) is 6.62. The zero-order chi connectivity index (χ0) is 15.2. The molecule has 0 saturated carbocycles. The van der Waals surface area contributed by atoms with Crippen molar-refractivity contribution in [3.8, 4) is 0 Å². The van der Waals surface area contributed by atoms with Gasteiger partial charge >= 0.3 is 0 Å². The van der Waals surface area contributed by atoms with Gasteiger partial charge in [0.2, 0.25) is 5.89 Å². The maximum atomic E-state index is 5.41. The number of aromatic nitrogens is 2. The van der Waals surface area contributed by atoms with Gasteiger partial charge in [0.1, 0.15) is 0 Å². The Balaban J connectivity index is 2.74. The van der Waals surface area contributed by atoms with Crippen LogP contribution in [-0.2, 0) is 6.42 Å². The van der Waals surface area contributed by atoms with Crippen LogP contribution in [0.5, 0.6) is 0 Å². The van der Waals surface area contributed by atoms with Crippen molar-refractivity contribution < 1.29 is 4.52 Å². The molecule has 0 aliphatic rings. The quantitative estimate of drug-likeness (QED) is 0.794. The summed E-state index contributed by atoms with van der Waals surface area (Å²) in [5.74, 6) is 1.42. The predicted molar refractivity (Wildman–Crippen MR) is 83.1 cm³/mol. The molecule has 0 aliphatic heterocycles. The zero-order valence-electron chi connectivity index (χ0n) is 13.9. The van der Waals surface area contributed by atoms with E-state index < -0.39 is 0 Å². The Morgan fingerprint density at radius 3 is 2.35 bits per heavy atom. The van der Waals surface area contributed by atoms with Crippen LogP contribution in [0, 0.1) is 5.41 Å². The number of hydrogen-bond donors (Lipinski definition) is 1. The molecule has 0 aliphatic carbocycles. The van der Waals surface area contributed by atoms with Crippen molar-refractivity contribution >= 4 is 5.95 Å². The van der Waals surface area contributed by atoms with Gasteiger partial charge in [-0.15, -0.1) is 0 Å². The number of nitrogens with one attached hydrogen (secondary N) is 1. The van der Waals surface area contributed by atoms with Gasteiger partial charge in [0.25, 0.3) is 5.95 Å². The molecule has 1 unspecified atom stereocenters.